The highest BCUT2D eigenvalue weighted by Gasteiger charge is 2.29. The second-order valence-corrected chi connectivity index (χ2v) is 9.35. The molecule has 2 aromatic carbocycles. The van der Waals surface area contributed by atoms with Gasteiger partial charge in [0.1, 0.15) is 0 Å². The summed E-state index contributed by atoms with van der Waals surface area (Å²) in [4.78, 5) is 14.3. The Hall–Kier alpha value is -1.89. The summed E-state index contributed by atoms with van der Waals surface area (Å²) in [6.07, 6.45) is 0.671. The van der Waals surface area contributed by atoms with E-state index in [-0.39, 0.29) is 27.4 Å². The van der Waals surface area contributed by atoms with Crippen molar-refractivity contribution >= 4 is 27.5 Å². The SMILES string of the molecule is CC(C)N(C)C(=O)c1cc(S(=O)(=O)N2CCc3ccccc3C2)ccc1Cl. The Morgan fingerprint density at radius 2 is 1.81 bits per heavy atom. The third-order valence-corrected chi connectivity index (χ3v) is 7.17. The van der Waals surface area contributed by atoms with Gasteiger partial charge in [-0.15, -0.1) is 0 Å². The maximum Gasteiger partial charge on any atom is 0.255 e. The Bertz CT molecular complexity index is 973. The molecule has 0 aromatic heterocycles. The zero-order valence-electron chi connectivity index (χ0n) is 15.6. The molecule has 0 radical (unpaired) electrons. The van der Waals surface area contributed by atoms with Crippen molar-refractivity contribution in [3.8, 4) is 0 Å². The van der Waals surface area contributed by atoms with Gasteiger partial charge in [-0.05, 0) is 49.6 Å². The number of halogens is 1. The van der Waals surface area contributed by atoms with Gasteiger partial charge in [-0.1, -0.05) is 35.9 Å². The molecule has 0 bridgehead atoms. The van der Waals surface area contributed by atoms with Crippen LogP contribution >= 0.6 is 11.6 Å². The number of carbonyl (C=O) groups is 1. The summed E-state index contributed by atoms with van der Waals surface area (Å²) >= 11 is 6.19. The van der Waals surface area contributed by atoms with Crippen molar-refractivity contribution in [2.24, 2.45) is 0 Å². The lowest BCUT2D eigenvalue weighted by atomic mass is 10.0. The van der Waals surface area contributed by atoms with Crippen LogP contribution in [0, 0.1) is 0 Å². The second kappa shape index (κ2) is 7.62. The number of amides is 1. The van der Waals surface area contributed by atoms with E-state index >= 15 is 0 Å². The lowest BCUT2D eigenvalue weighted by Crippen LogP contribution is -2.36. The minimum Gasteiger partial charge on any atom is -0.339 e. The first kappa shape index (κ1) is 19.9. The molecule has 0 unspecified atom stereocenters. The summed E-state index contributed by atoms with van der Waals surface area (Å²) < 4.78 is 27.7. The molecule has 0 saturated carbocycles. The van der Waals surface area contributed by atoms with Gasteiger partial charge in [0.2, 0.25) is 10.0 Å². The fourth-order valence-electron chi connectivity index (χ4n) is 3.08. The molecule has 7 heteroatoms. The van der Waals surface area contributed by atoms with Crippen LogP contribution in [0.2, 0.25) is 5.02 Å². The first-order valence-electron chi connectivity index (χ1n) is 8.85. The number of hydrogen-bond acceptors (Lipinski definition) is 3. The molecule has 1 aliphatic rings. The summed E-state index contributed by atoms with van der Waals surface area (Å²) in [5, 5.41) is 0.246. The van der Waals surface area contributed by atoms with Gasteiger partial charge in [0, 0.05) is 26.2 Å². The normalized spacial score (nSPS) is 14.9. The molecule has 5 nitrogen and oxygen atoms in total. The van der Waals surface area contributed by atoms with Crippen molar-refractivity contribution in [2.45, 2.75) is 37.8 Å². The highest BCUT2D eigenvalue weighted by atomic mass is 35.5. The number of hydrogen-bond donors (Lipinski definition) is 0. The fourth-order valence-corrected chi connectivity index (χ4v) is 4.72. The van der Waals surface area contributed by atoms with Crippen molar-refractivity contribution < 1.29 is 13.2 Å². The first-order valence-corrected chi connectivity index (χ1v) is 10.7. The lowest BCUT2D eigenvalue weighted by molar-refractivity contribution is 0.0755. The molecule has 0 spiro atoms. The second-order valence-electron chi connectivity index (χ2n) is 7.01. The van der Waals surface area contributed by atoms with E-state index in [4.69, 9.17) is 11.6 Å². The van der Waals surface area contributed by atoms with Gasteiger partial charge < -0.3 is 4.90 Å². The smallest absolute Gasteiger partial charge is 0.255 e. The van der Waals surface area contributed by atoms with Crippen LogP contribution in [-0.2, 0) is 23.0 Å². The van der Waals surface area contributed by atoms with E-state index in [1.165, 1.54) is 33.0 Å². The number of sulfonamides is 1. The number of carbonyl (C=O) groups excluding carboxylic acids is 1. The van der Waals surface area contributed by atoms with Gasteiger partial charge in [-0.3, -0.25) is 4.79 Å². The summed E-state index contributed by atoms with van der Waals surface area (Å²) in [5.41, 5.74) is 2.39. The maximum absolute atomic E-state index is 13.1. The first-order chi connectivity index (χ1) is 12.7. The maximum atomic E-state index is 13.1. The molecule has 1 heterocycles. The van der Waals surface area contributed by atoms with Crippen LogP contribution in [-0.4, -0.2) is 43.2 Å². The van der Waals surface area contributed by atoms with E-state index in [0.29, 0.717) is 19.5 Å². The van der Waals surface area contributed by atoms with Gasteiger partial charge in [0.05, 0.1) is 15.5 Å². The standard InChI is InChI=1S/C20H23ClN2O3S/c1-14(2)22(3)20(24)18-12-17(8-9-19(18)21)27(25,26)23-11-10-15-6-4-5-7-16(15)13-23/h4-9,12,14H,10-11,13H2,1-3H3. The molecule has 0 fully saturated rings. The lowest BCUT2D eigenvalue weighted by Gasteiger charge is -2.28. The Morgan fingerprint density at radius 3 is 2.48 bits per heavy atom. The number of fused-ring (bicyclic) bond motifs is 1. The number of nitrogens with zero attached hydrogens (tertiary/aromatic N) is 2. The molecule has 27 heavy (non-hydrogen) atoms. The minimum absolute atomic E-state index is 0.0209. The Kier molecular flexibility index (Phi) is 5.60. The predicted molar refractivity (Wildman–Crippen MR) is 106 cm³/mol. The number of benzene rings is 2. The molecule has 2 aromatic rings. The van der Waals surface area contributed by atoms with Crippen LogP contribution < -0.4 is 0 Å². The van der Waals surface area contributed by atoms with E-state index < -0.39 is 10.0 Å². The molecule has 3 rings (SSSR count). The van der Waals surface area contributed by atoms with Gasteiger partial charge in [0.25, 0.3) is 5.91 Å². The third-order valence-electron chi connectivity index (χ3n) is 5.00. The van der Waals surface area contributed by atoms with Gasteiger partial charge in [0.15, 0.2) is 0 Å². The average molecular weight is 407 g/mol. The van der Waals surface area contributed by atoms with Crippen LogP contribution in [0.3, 0.4) is 0 Å². The molecule has 0 atom stereocenters. The molecule has 1 amide bonds. The van der Waals surface area contributed by atoms with Crippen molar-refractivity contribution in [1.82, 2.24) is 9.21 Å². The van der Waals surface area contributed by atoms with Gasteiger partial charge in [-0.25, -0.2) is 8.42 Å². The number of rotatable bonds is 4. The van der Waals surface area contributed by atoms with Gasteiger partial charge >= 0.3 is 0 Å². The molecular weight excluding hydrogens is 384 g/mol. The molecule has 0 aliphatic carbocycles. The summed E-state index contributed by atoms with van der Waals surface area (Å²) in [6.45, 7) is 4.52. The molecular formula is C20H23ClN2O3S. The summed E-state index contributed by atoms with van der Waals surface area (Å²) in [6, 6.07) is 12.2. The minimum atomic E-state index is -3.72. The third kappa shape index (κ3) is 3.88. The molecule has 1 aliphatic heterocycles. The fraction of sp³-hybridized carbons (Fsp3) is 0.350. The van der Waals surface area contributed by atoms with E-state index in [1.54, 1.807) is 7.05 Å². The monoisotopic (exact) mass is 406 g/mol. The van der Waals surface area contributed by atoms with E-state index in [2.05, 4.69) is 0 Å². The van der Waals surface area contributed by atoms with Crippen molar-refractivity contribution in [3.63, 3.8) is 0 Å². The Morgan fingerprint density at radius 1 is 1.15 bits per heavy atom. The van der Waals surface area contributed by atoms with Crippen LogP contribution in [0.5, 0.6) is 0 Å². The predicted octanol–water partition coefficient (Wildman–Crippen LogP) is 3.57. The highest BCUT2D eigenvalue weighted by molar-refractivity contribution is 7.89. The summed E-state index contributed by atoms with van der Waals surface area (Å²) in [5.74, 6) is -0.295. The zero-order chi connectivity index (χ0) is 19.8. The van der Waals surface area contributed by atoms with Gasteiger partial charge in [-0.2, -0.15) is 4.31 Å². The topological polar surface area (TPSA) is 57.7 Å². The quantitative estimate of drug-likeness (QED) is 0.779. The largest absolute Gasteiger partial charge is 0.339 e. The van der Waals surface area contributed by atoms with Crippen LogP contribution in [0.25, 0.3) is 0 Å². The van der Waals surface area contributed by atoms with Crippen LogP contribution in [0.1, 0.15) is 35.3 Å². The molecule has 0 N–H and O–H groups in total. The van der Waals surface area contributed by atoms with Crippen molar-refractivity contribution in [3.05, 3.63) is 64.2 Å². The Balaban J connectivity index is 1.94. The van der Waals surface area contributed by atoms with E-state index in [1.807, 2.05) is 38.1 Å². The Labute approximate surface area is 165 Å². The van der Waals surface area contributed by atoms with E-state index in [9.17, 15) is 13.2 Å². The van der Waals surface area contributed by atoms with Crippen LogP contribution in [0.4, 0.5) is 0 Å². The molecule has 0 saturated heterocycles. The van der Waals surface area contributed by atoms with Crippen molar-refractivity contribution in [2.75, 3.05) is 13.6 Å². The molecule has 144 valence electrons. The highest BCUT2D eigenvalue weighted by Crippen LogP contribution is 2.28. The summed E-state index contributed by atoms with van der Waals surface area (Å²) in [7, 11) is -2.05. The average Bonchev–Trinajstić information content (AvgIpc) is 2.66. The van der Waals surface area contributed by atoms with Crippen molar-refractivity contribution in [1.29, 1.82) is 0 Å². The van der Waals surface area contributed by atoms with Crippen LogP contribution in [0.15, 0.2) is 47.4 Å². The zero-order valence-corrected chi connectivity index (χ0v) is 17.2. The van der Waals surface area contributed by atoms with E-state index in [0.717, 1.165) is 5.56 Å².